The second-order valence-corrected chi connectivity index (χ2v) is 15.9. The molecule has 2 amide bonds. The minimum Gasteiger partial charge on any atom is -0.308 e. The summed E-state index contributed by atoms with van der Waals surface area (Å²) in [5.74, 6) is -0.0545. The molecule has 0 saturated heterocycles. The lowest BCUT2D eigenvalue weighted by Crippen LogP contribution is -2.30. The van der Waals surface area contributed by atoms with E-state index in [1.165, 1.54) is 32.7 Å². The molecule has 0 fully saturated rings. The molecule has 4 heteroatoms. The second kappa shape index (κ2) is 13.9. The summed E-state index contributed by atoms with van der Waals surface area (Å²) < 4.78 is 2.19. The summed E-state index contributed by atoms with van der Waals surface area (Å²) in [6.07, 6.45) is 6.88. The van der Waals surface area contributed by atoms with Gasteiger partial charge in [0, 0.05) is 22.3 Å². The van der Waals surface area contributed by atoms with E-state index in [0.717, 1.165) is 49.6 Å². The number of amides is 2. The quantitative estimate of drug-likeness (QED) is 0.159. The average molecular weight is 751 g/mol. The third-order valence-corrected chi connectivity index (χ3v) is 12.1. The first-order valence-electron chi connectivity index (χ1n) is 20.0. The van der Waals surface area contributed by atoms with Crippen LogP contribution in [0.15, 0.2) is 175 Å². The number of benzene rings is 7. The fourth-order valence-electron chi connectivity index (χ4n) is 9.29. The van der Waals surface area contributed by atoms with Gasteiger partial charge in [0.05, 0.1) is 33.5 Å². The van der Waals surface area contributed by atoms with Gasteiger partial charge in [-0.25, -0.2) is 4.90 Å². The Kier molecular flexibility index (Phi) is 8.45. The standard InChI is InChI=1S/C54H42N2O2/c1-33-18-23-42(35(3)28-33)40-21-26-49-46(31-40)47-32-41(43-24-19-34(2)29-36(43)4)22-27-50(47)55(49)51-17-11-16-44-52(51)54(58)56(53(44)57)48-25-20-39(37-12-7-5-8-13-37)30-45(48)38-14-9-6-10-15-38/h5-32,35,42H,1-4H3. The SMILES string of the molecule is CC1=CC(C)C(c2ccc3c(c2)c2cc(-c4ccc(C)cc4C)ccc2n3-c2cccc3c2C(=O)N(c2ccc(-c4ccccc4)cc2-c2ccccc2)C3=O)C=C1. The molecule has 1 aromatic heterocycles. The van der Waals surface area contributed by atoms with Crippen molar-refractivity contribution in [1.29, 1.82) is 0 Å². The highest BCUT2D eigenvalue weighted by Crippen LogP contribution is 2.43. The second-order valence-electron chi connectivity index (χ2n) is 15.9. The van der Waals surface area contributed by atoms with Crippen molar-refractivity contribution < 1.29 is 9.59 Å². The number of carbonyl (C=O) groups is 2. The first-order chi connectivity index (χ1) is 28.2. The summed E-state index contributed by atoms with van der Waals surface area (Å²) >= 11 is 0. The Morgan fingerprint density at radius 2 is 1.22 bits per heavy atom. The molecule has 0 N–H and O–H groups in total. The van der Waals surface area contributed by atoms with Crippen LogP contribution in [0.4, 0.5) is 5.69 Å². The number of imide groups is 1. The first kappa shape index (κ1) is 35.4. The Labute approximate surface area is 339 Å². The Hall–Kier alpha value is -7.04. The van der Waals surface area contributed by atoms with Crippen LogP contribution in [-0.2, 0) is 0 Å². The summed E-state index contributed by atoms with van der Waals surface area (Å²) in [7, 11) is 0. The number of carbonyl (C=O) groups excluding carboxylic acids is 2. The predicted octanol–water partition coefficient (Wildman–Crippen LogP) is 13.4. The van der Waals surface area contributed by atoms with Crippen LogP contribution in [0.25, 0.3) is 60.9 Å². The van der Waals surface area contributed by atoms with Crippen molar-refractivity contribution in [2.75, 3.05) is 4.90 Å². The Morgan fingerprint density at radius 3 is 1.97 bits per heavy atom. The molecule has 2 unspecified atom stereocenters. The third kappa shape index (κ3) is 5.75. The molecule has 1 aliphatic heterocycles. The maximum absolute atomic E-state index is 15.0. The zero-order valence-electron chi connectivity index (χ0n) is 33.0. The molecule has 2 atom stereocenters. The minimum absolute atomic E-state index is 0.245. The molecule has 7 aromatic carbocycles. The molecule has 1 aliphatic carbocycles. The molecule has 0 bridgehead atoms. The van der Waals surface area contributed by atoms with Gasteiger partial charge in [-0.2, -0.15) is 0 Å². The molecule has 8 aromatic rings. The van der Waals surface area contributed by atoms with Gasteiger partial charge in [-0.05, 0) is 114 Å². The molecule has 4 nitrogen and oxygen atoms in total. The summed E-state index contributed by atoms with van der Waals surface area (Å²) in [5.41, 5.74) is 15.2. The van der Waals surface area contributed by atoms with Gasteiger partial charge >= 0.3 is 0 Å². The van der Waals surface area contributed by atoms with E-state index in [-0.39, 0.29) is 17.7 Å². The predicted molar refractivity (Wildman–Crippen MR) is 239 cm³/mol. The van der Waals surface area contributed by atoms with Gasteiger partial charge in [0.15, 0.2) is 0 Å². The number of nitrogens with zero attached hydrogens (tertiary/aromatic N) is 2. The van der Waals surface area contributed by atoms with Gasteiger partial charge in [-0.1, -0.05) is 139 Å². The van der Waals surface area contributed by atoms with Crippen LogP contribution in [0.2, 0.25) is 0 Å². The highest BCUT2D eigenvalue weighted by molar-refractivity contribution is 6.36. The summed E-state index contributed by atoms with van der Waals surface area (Å²) in [4.78, 5) is 31.0. The van der Waals surface area contributed by atoms with Crippen LogP contribution >= 0.6 is 0 Å². The number of aryl methyl sites for hydroxylation is 2. The molecule has 280 valence electrons. The molecule has 0 radical (unpaired) electrons. The number of rotatable bonds is 6. The van der Waals surface area contributed by atoms with Crippen molar-refractivity contribution in [3.63, 3.8) is 0 Å². The van der Waals surface area contributed by atoms with Crippen LogP contribution in [0.3, 0.4) is 0 Å². The van der Waals surface area contributed by atoms with Crippen molar-refractivity contribution in [2.45, 2.75) is 33.6 Å². The lowest BCUT2D eigenvalue weighted by atomic mass is 9.82. The van der Waals surface area contributed by atoms with Gasteiger partial charge in [-0.15, -0.1) is 0 Å². The molecule has 0 saturated carbocycles. The van der Waals surface area contributed by atoms with Gasteiger partial charge in [0.2, 0.25) is 0 Å². The Balaban J connectivity index is 1.16. The van der Waals surface area contributed by atoms with Crippen LogP contribution in [-0.4, -0.2) is 16.4 Å². The van der Waals surface area contributed by atoms with Crippen LogP contribution < -0.4 is 4.90 Å². The number of hydrogen-bond acceptors (Lipinski definition) is 2. The fraction of sp³-hybridized carbons (Fsp3) is 0.111. The summed E-state index contributed by atoms with van der Waals surface area (Å²) in [5, 5.41) is 2.21. The average Bonchev–Trinajstić information content (AvgIpc) is 3.70. The van der Waals surface area contributed by atoms with Gasteiger partial charge in [0.25, 0.3) is 11.8 Å². The fourth-order valence-corrected chi connectivity index (χ4v) is 9.29. The topological polar surface area (TPSA) is 42.3 Å². The number of fused-ring (bicyclic) bond motifs is 4. The monoisotopic (exact) mass is 750 g/mol. The molecule has 2 heterocycles. The van der Waals surface area contributed by atoms with Gasteiger partial charge in [0.1, 0.15) is 0 Å². The maximum atomic E-state index is 15.0. The Morgan fingerprint density at radius 1 is 0.517 bits per heavy atom. The van der Waals surface area contributed by atoms with E-state index in [9.17, 15) is 4.79 Å². The van der Waals surface area contributed by atoms with E-state index in [1.54, 1.807) is 6.07 Å². The van der Waals surface area contributed by atoms with E-state index >= 15 is 4.79 Å². The summed E-state index contributed by atoms with van der Waals surface area (Å²) in [6, 6.07) is 51.8. The zero-order chi connectivity index (χ0) is 39.7. The summed E-state index contributed by atoms with van der Waals surface area (Å²) in [6.45, 7) is 8.73. The highest BCUT2D eigenvalue weighted by Gasteiger charge is 2.40. The number of allylic oxidation sites excluding steroid dienone is 4. The van der Waals surface area contributed by atoms with E-state index in [0.29, 0.717) is 28.4 Å². The highest BCUT2D eigenvalue weighted by atomic mass is 16.2. The molecular weight excluding hydrogens is 709 g/mol. The third-order valence-electron chi connectivity index (χ3n) is 12.1. The van der Waals surface area contributed by atoms with E-state index < -0.39 is 0 Å². The largest absolute Gasteiger partial charge is 0.308 e. The number of hydrogen-bond donors (Lipinski definition) is 0. The van der Waals surface area contributed by atoms with Crippen LogP contribution in [0.5, 0.6) is 0 Å². The van der Waals surface area contributed by atoms with E-state index in [1.807, 2.05) is 72.8 Å². The van der Waals surface area contributed by atoms with Gasteiger partial charge in [-0.3, -0.25) is 9.59 Å². The van der Waals surface area contributed by atoms with Crippen molar-refractivity contribution in [1.82, 2.24) is 4.57 Å². The minimum atomic E-state index is -0.331. The first-order valence-corrected chi connectivity index (χ1v) is 20.0. The van der Waals surface area contributed by atoms with Crippen molar-refractivity contribution >= 4 is 39.3 Å². The van der Waals surface area contributed by atoms with Crippen LogP contribution in [0.1, 0.15) is 57.2 Å². The maximum Gasteiger partial charge on any atom is 0.268 e. The molecule has 10 rings (SSSR count). The number of anilines is 1. The molecule has 0 spiro atoms. The van der Waals surface area contributed by atoms with Crippen LogP contribution in [0, 0.1) is 19.8 Å². The van der Waals surface area contributed by atoms with E-state index in [4.69, 9.17) is 0 Å². The number of aromatic nitrogens is 1. The zero-order valence-corrected chi connectivity index (χ0v) is 33.0. The molecular formula is C54H42N2O2. The lowest BCUT2D eigenvalue weighted by Gasteiger charge is -2.23. The molecule has 2 aliphatic rings. The molecule has 58 heavy (non-hydrogen) atoms. The van der Waals surface area contributed by atoms with E-state index in [2.05, 4.69) is 123 Å². The van der Waals surface area contributed by atoms with Crippen molar-refractivity contribution in [3.05, 3.63) is 203 Å². The smallest absolute Gasteiger partial charge is 0.268 e. The van der Waals surface area contributed by atoms with Gasteiger partial charge < -0.3 is 4.57 Å². The van der Waals surface area contributed by atoms with Crippen molar-refractivity contribution in [3.8, 4) is 39.1 Å². The Bertz CT molecular complexity index is 3040. The normalized spacial score (nSPS) is 16.3. The lowest BCUT2D eigenvalue weighted by molar-refractivity contribution is 0.0926. The van der Waals surface area contributed by atoms with Crippen molar-refractivity contribution in [2.24, 2.45) is 5.92 Å².